The Morgan fingerprint density at radius 2 is 1.90 bits per heavy atom. The van der Waals surface area contributed by atoms with Gasteiger partial charge < -0.3 is 4.74 Å². The maximum Gasteiger partial charge on any atom is 0.433 e. The van der Waals surface area contributed by atoms with Crippen LogP contribution in [0.2, 0.25) is 5.28 Å². The number of hydrogen-bond donors (Lipinski definition) is 0. The summed E-state index contributed by atoms with van der Waals surface area (Å²) in [7, 11) is 0. The number of alkyl halides is 3. The first-order valence-corrected chi connectivity index (χ1v) is 6.63. The fourth-order valence-electron chi connectivity index (χ4n) is 1.72. The molecule has 2 rings (SSSR count). The van der Waals surface area contributed by atoms with Crippen molar-refractivity contribution in [3.8, 4) is 17.0 Å². The predicted octanol–water partition coefficient (Wildman–Crippen LogP) is 4.60. The van der Waals surface area contributed by atoms with Gasteiger partial charge in [-0.15, -0.1) is 0 Å². The Labute approximate surface area is 124 Å². The highest BCUT2D eigenvalue weighted by Gasteiger charge is 2.33. The van der Waals surface area contributed by atoms with Gasteiger partial charge in [0.15, 0.2) is 0 Å². The van der Waals surface area contributed by atoms with E-state index < -0.39 is 17.2 Å². The van der Waals surface area contributed by atoms with E-state index in [2.05, 4.69) is 9.97 Å². The second kappa shape index (κ2) is 6.30. The smallest absolute Gasteiger partial charge is 0.433 e. The van der Waals surface area contributed by atoms with E-state index in [1.165, 1.54) is 0 Å². The van der Waals surface area contributed by atoms with E-state index in [-0.39, 0.29) is 5.69 Å². The molecule has 3 nitrogen and oxygen atoms in total. The molecule has 7 heteroatoms. The summed E-state index contributed by atoms with van der Waals surface area (Å²) >= 11 is 5.60. The molecule has 0 amide bonds. The van der Waals surface area contributed by atoms with Crippen LogP contribution in [0.5, 0.6) is 5.75 Å². The molecule has 1 aromatic carbocycles. The first-order chi connectivity index (χ1) is 9.91. The Hall–Kier alpha value is -1.82. The Bertz CT molecular complexity index is 632. The highest BCUT2D eigenvalue weighted by molar-refractivity contribution is 6.28. The maximum atomic E-state index is 12.8. The lowest BCUT2D eigenvalue weighted by Gasteiger charge is -2.12. The minimum atomic E-state index is -4.58. The molecule has 0 N–H and O–H groups in total. The molecule has 0 aliphatic rings. The lowest BCUT2D eigenvalue weighted by molar-refractivity contribution is -0.141. The monoisotopic (exact) mass is 316 g/mol. The van der Waals surface area contributed by atoms with Gasteiger partial charge in [0.1, 0.15) is 11.4 Å². The highest BCUT2D eigenvalue weighted by Crippen LogP contribution is 2.34. The third-order valence-corrected chi connectivity index (χ3v) is 2.78. The number of para-hydroxylation sites is 1. The van der Waals surface area contributed by atoms with Crippen molar-refractivity contribution in [2.75, 3.05) is 6.61 Å². The van der Waals surface area contributed by atoms with Crippen LogP contribution in [-0.2, 0) is 6.18 Å². The average molecular weight is 317 g/mol. The Morgan fingerprint density at radius 1 is 1.19 bits per heavy atom. The molecule has 0 radical (unpaired) electrons. The summed E-state index contributed by atoms with van der Waals surface area (Å²) in [6, 6.07) is 7.59. The van der Waals surface area contributed by atoms with Crippen LogP contribution in [0, 0.1) is 0 Å². The summed E-state index contributed by atoms with van der Waals surface area (Å²) in [4.78, 5) is 7.07. The molecule has 0 aliphatic heterocycles. The van der Waals surface area contributed by atoms with Gasteiger partial charge in [-0.05, 0) is 36.2 Å². The molecular weight excluding hydrogens is 305 g/mol. The van der Waals surface area contributed by atoms with Crippen LogP contribution in [-0.4, -0.2) is 16.6 Å². The summed E-state index contributed by atoms with van der Waals surface area (Å²) in [5.41, 5.74) is -0.558. The number of hydrogen-bond acceptors (Lipinski definition) is 3. The zero-order chi connectivity index (χ0) is 15.5. The van der Waals surface area contributed by atoms with E-state index in [0.29, 0.717) is 17.9 Å². The minimum Gasteiger partial charge on any atom is -0.493 e. The van der Waals surface area contributed by atoms with Crippen LogP contribution in [0.25, 0.3) is 11.3 Å². The molecule has 0 atom stereocenters. The summed E-state index contributed by atoms with van der Waals surface area (Å²) in [5, 5.41) is -0.454. The van der Waals surface area contributed by atoms with E-state index in [9.17, 15) is 13.2 Å². The van der Waals surface area contributed by atoms with Crippen molar-refractivity contribution in [3.05, 3.63) is 41.3 Å². The van der Waals surface area contributed by atoms with Crippen molar-refractivity contribution < 1.29 is 17.9 Å². The molecule has 0 saturated heterocycles. The highest BCUT2D eigenvalue weighted by atomic mass is 35.5. The van der Waals surface area contributed by atoms with Gasteiger partial charge in [0.05, 0.1) is 12.3 Å². The zero-order valence-electron chi connectivity index (χ0n) is 11.1. The molecular formula is C14H12ClF3N2O. The van der Waals surface area contributed by atoms with E-state index in [0.717, 1.165) is 12.5 Å². The summed E-state index contributed by atoms with van der Waals surface area (Å²) in [5.74, 6) is 0.460. The standard InChI is InChI=1S/C14H12ClF3N2O/c1-2-7-21-11-6-4-3-5-9(11)10-8-12(14(16,17)18)20-13(15)19-10/h3-6,8H,2,7H2,1H3. The largest absolute Gasteiger partial charge is 0.493 e. The molecule has 0 fully saturated rings. The first kappa shape index (κ1) is 15.6. The predicted molar refractivity (Wildman–Crippen MR) is 73.3 cm³/mol. The van der Waals surface area contributed by atoms with Gasteiger partial charge in [0.2, 0.25) is 5.28 Å². The van der Waals surface area contributed by atoms with Gasteiger partial charge in [0.25, 0.3) is 0 Å². The molecule has 0 aliphatic carbocycles. The number of ether oxygens (including phenoxy) is 1. The normalized spacial score (nSPS) is 11.5. The quantitative estimate of drug-likeness (QED) is 0.773. The van der Waals surface area contributed by atoms with Crippen molar-refractivity contribution in [1.29, 1.82) is 0 Å². The second-order valence-corrected chi connectivity index (χ2v) is 4.59. The number of nitrogens with zero attached hydrogens (tertiary/aromatic N) is 2. The fourth-order valence-corrected chi connectivity index (χ4v) is 1.90. The van der Waals surface area contributed by atoms with Crippen molar-refractivity contribution in [2.24, 2.45) is 0 Å². The first-order valence-electron chi connectivity index (χ1n) is 6.25. The number of halogens is 4. The third-order valence-electron chi connectivity index (χ3n) is 2.61. The molecule has 0 bridgehead atoms. The Kier molecular flexibility index (Phi) is 4.67. The lowest BCUT2D eigenvalue weighted by Crippen LogP contribution is -2.09. The topological polar surface area (TPSA) is 35.0 Å². The van der Waals surface area contributed by atoms with Gasteiger partial charge in [-0.1, -0.05) is 19.1 Å². The summed E-state index contributed by atoms with van der Waals surface area (Å²) in [6.45, 7) is 2.40. The van der Waals surface area contributed by atoms with Crippen LogP contribution in [0.1, 0.15) is 19.0 Å². The number of benzene rings is 1. The van der Waals surface area contributed by atoms with Crippen LogP contribution in [0.4, 0.5) is 13.2 Å². The number of aromatic nitrogens is 2. The molecule has 112 valence electrons. The van der Waals surface area contributed by atoms with E-state index in [1.54, 1.807) is 24.3 Å². The van der Waals surface area contributed by atoms with E-state index in [4.69, 9.17) is 16.3 Å². The van der Waals surface area contributed by atoms with Crippen LogP contribution in [0.15, 0.2) is 30.3 Å². The summed E-state index contributed by atoms with van der Waals surface area (Å²) < 4.78 is 43.9. The molecule has 1 heterocycles. The Balaban J connectivity index is 2.49. The van der Waals surface area contributed by atoms with E-state index >= 15 is 0 Å². The SMILES string of the molecule is CCCOc1ccccc1-c1cc(C(F)(F)F)nc(Cl)n1. The van der Waals surface area contributed by atoms with Crippen molar-refractivity contribution >= 4 is 11.6 Å². The third kappa shape index (κ3) is 3.85. The van der Waals surface area contributed by atoms with Crippen LogP contribution < -0.4 is 4.74 Å². The average Bonchev–Trinajstić information content (AvgIpc) is 2.44. The molecule has 0 spiro atoms. The summed E-state index contributed by atoms with van der Waals surface area (Å²) in [6.07, 6.45) is -3.80. The maximum absolute atomic E-state index is 12.8. The van der Waals surface area contributed by atoms with E-state index in [1.807, 2.05) is 6.92 Å². The van der Waals surface area contributed by atoms with Crippen LogP contribution in [0.3, 0.4) is 0 Å². The zero-order valence-corrected chi connectivity index (χ0v) is 11.9. The molecule has 0 saturated carbocycles. The van der Waals surface area contributed by atoms with Gasteiger partial charge in [-0.25, -0.2) is 9.97 Å². The minimum absolute atomic E-state index is 0.0778. The Morgan fingerprint density at radius 3 is 2.57 bits per heavy atom. The van der Waals surface area contributed by atoms with Gasteiger partial charge in [-0.3, -0.25) is 0 Å². The van der Waals surface area contributed by atoms with Crippen molar-refractivity contribution in [3.63, 3.8) is 0 Å². The lowest BCUT2D eigenvalue weighted by atomic mass is 10.1. The molecule has 21 heavy (non-hydrogen) atoms. The number of rotatable bonds is 4. The molecule has 2 aromatic rings. The van der Waals surface area contributed by atoms with Gasteiger partial charge in [-0.2, -0.15) is 13.2 Å². The van der Waals surface area contributed by atoms with Gasteiger partial charge >= 0.3 is 6.18 Å². The van der Waals surface area contributed by atoms with Crippen LogP contribution >= 0.6 is 11.6 Å². The van der Waals surface area contributed by atoms with Gasteiger partial charge in [0, 0.05) is 5.56 Å². The van der Waals surface area contributed by atoms with Crippen molar-refractivity contribution in [1.82, 2.24) is 9.97 Å². The second-order valence-electron chi connectivity index (χ2n) is 4.25. The fraction of sp³-hybridized carbons (Fsp3) is 0.286. The molecule has 0 unspecified atom stereocenters. The molecule has 1 aromatic heterocycles. The van der Waals surface area contributed by atoms with Crippen molar-refractivity contribution in [2.45, 2.75) is 19.5 Å².